The molecule has 7 heteroatoms. The van der Waals surface area contributed by atoms with Crippen molar-refractivity contribution in [1.29, 1.82) is 0 Å². The fourth-order valence-corrected chi connectivity index (χ4v) is 3.96. The molecule has 0 aliphatic rings. The zero-order valence-corrected chi connectivity index (χ0v) is 19.0. The lowest BCUT2D eigenvalue weighted by Gasteiger charge is -2.25. The van der Waals surface area contributed by atoms with Crippen molar-refractivity contribution in [2.24, 2.45) is 10.2 Å². The molecule has 0 fully saturated rings. The molecule has 0 amide bonds. The molecule has 0 spiro atoms. The molecular weight excluding hydrogens is 404 g/mol. The van der Waals surface area contributed by atoms with E-state index in [-0.39, 0.29) is 5.15 Å². The van der Waals surface area contributed by atoms with Gasteiger partial charge in [-0.15, -0.1) is 10.2 Å². The molecule has 0 unspecified atom stereocenters. The SMILES string of the molecule is CCCCCCN(CCCCCC)c1ccc(/N=N/c2nc(Cl)c(C=O)s2)cc1. The van der Waals surface area contributed by atoms with Crippen molar-refractivity contribution < 1.29 is 4.79 Å². The monoisotopic (exact) mass is 434 g/mol. The second-order valence-electron chi connectivity index (χ2n) is 7.09. The number of azo groups is 1. The number of halogens is 1. The van der Waals surface area contributed by atoms with Gasteiger partial charge in [0.25, 0.3) is 0 Å². The third-order valence-corrected chi connectivity index (χ3v) is 6.00. The number of nitrogens with zero attached hydrogens (tertiary/aromatic N) is 4. The molecule has 5 nitrogen and oxygen atoms in total. The number of aldehydes is 1. The maximum Gasteiger partial charge on any atom is 0.232 e. The summed E-state index contributed by atoms with van der Waals surface area (Å²) in [6.45, 7) is 6.68. The van der Waals surface area contributed by atoms with Gasteiger partial charge in [-0.05, 0) is 37.1 Å². The van der Waals surface area contributed by atoms with E-state index in [1.807, 2.05) is 12.1 Å². The van der Waals surface area contributed by atoms with Crippen LogP contribution in [0, 0.1) is 0 Å². The fourth-order valence-electron chi connectivity index (χ4n) is 3.08. The van der Waals surface area contributed by atoms with Gasteiger partial charge in [0, 0.05) is 18.8 Å². The van der Waals surface area contributed by atoms with Gasteiger partial charge in [-0.2, -0.15) is 0 Å². The summed E-state index contributed by atoms with van der Waals surface area (Å²) in [6.07, 6.45) is 10.8. The van der Waals surface area contributed by atoms with E-state index >= 15 is 0 Å². The van der Waals surface area contributed by atoms with Crippen molar-refractivity contribution in [3.05, 3.63) is 34.3 Å². The Morgan fingerprint density at radius 2 is 1.59 bits per heavy atom. The van der Waals surface area contributed by atoms with Gasteiger partial charge < -0.3 is 4.90 Å². The Labute approximate surface area is 183 Å². The minimum absolute atomic E-state index is 0.177. The van der Waals surface area contributed by atoms with E-state index in [0.717, 1.165) is 30.1 Å². The Hall–Kier alpha value is -1.79. The molecule has 0 N–H and O–H groups in total. The number of anilines is 1. The Kier molecular flexibility index (Phi) is 10.9. The van der Waals surface area contributed by atoms with Gasteiger partial charge in [-0.1, -0.05) is 75.3 Å². The van der Waals surface area contributed by atoms with E-state index < -0.39 is 0 Å². The predicted molar refractivity (Wildman–Crippen MR) is 124 cm³/mol. The highest BCUT2D eigenvalue weighted by Crippen LogP contribution is 2.29. The summed E-state index contributed by atoms with van der Waals surface area (Å²) in [5.74, 6) is 0. The fraction of sp³-hybridized carbons (Fsp3) is 0.545. The maximum atomic E-state index is 10.8. The van der Waals surface area contributed by atoms with Crippen molar-refractivity contribution in [3.8, 4) is 0 Å². The Morgan fingerprint density at radius 1 is 0.966 bits per heavy atom. The summed E-state index contributed by atoms with van der Waals surface area (Å²) in [5, 5.41) is 8.88. The predicted octanol–water partition coefficient (Wildman–Crippen LogP) is 7.99. The molecule has 1 aromatic carbocycles. The topological polar surface area (TPSA) is 57.9 Å². The molecule has 1 heterocycles. The third-order valence-electron chi connectivity index (χ3n) is 4.73. The summed E-state index contributed by atoms with van der Waals surface area (Å²) < 4.78 is 0. The van der Waals surface area contributed by atoms with Crippen LogP contribution < -0.4 is 4.90 Å². The lowest BCUT2D eigenvalue weighted by Crippen LogP contribution is -2.25. The lowest BCUT2D eigenvalue weighted by molar-refractivity contribution is 0.112. The van der Waals surface area contributed by atoms with E-state index in [4.69, 9.17) is 11.6 Å². The zero-order chi connectivity index (χ0) is 20.9. The second kappa shape index (κ2) is 13.4. The number of aromatic nitrogens is 1. The first-order valence-electron chi connectivity index (χ1n) is 10.6. The summed E-state index contributed by atoms with van der Waals surface area (Å²) >= 11 is 7.00. The van der Waals surface area contributed by atoms with E-state index in [1.165, 1.54) is 57.1 Å². The molecule has 0 saturated carbocycles. The minimum atomic E-state index is 0.177. The summed E-state index contributed by atoms with van der Waals surface area (Å²) in [4.78, 5) is 17.7. The van der Waals surface area contributed by atoms with E-state index in [1.54, 1.807) is 0 Å². The summed E-state index contributed by atoms with van der Waals surface area (Å²) in [5.41, 5.74) is 1.99. The largest absolute Gasteiger partial charge is 0.372 e. The molecule has 0 saturated heterocycles. The van der Waals surface area contributed by atoms with Crippen LogP contribution in [0.25, 0.3) is 0 Å². The number of carbonyl (C=O) groups is 1. The van der Waals surface area contributed by atoms with E-state index in [9.17, 15) is 4.79 Å². The highest BCUT2D eigenvalue weighted by Gasteiger charge is 2.08. The van der Waals surface area contributed by atoms with Crippen molar-refractivity contribution >= 4 is 45.7 Å². The van der Waals surface area contributed by atoms with Crippen LogP contribution in [0.15, 0.2) is 34.5 Å². The number of unbranched alkanes of at least 4 members (excludes halogenated alkanes) is 6. The average Bonchev–Trinajstić information content (AvgIpc) is 3.11. The molecule has 158 valence electrons. The molecular formula is C22H31ClN4OS. The van der Waals surface area contributed by atoms with Crippen molar-refractivity contribution in [2.45, 2.75) is 65.2 Å². The molecule has 0 aliphatic carbocycles. The number of rotatable bonds is 14. The second-order valence-corrected chi connectivity index (χ2v) is 8.46. The molecule has 2 rings (SSSR count). The normalized spacial score (nSPS) is 11.3. The first-order valence-corrected chi connectivity index (χ1v) is 11.8. The number of carbonyl (C=O) groups excluding carboxylic acids is 1. The van der Waals surface area contributed by atoms with Crippen molar-refractivity contribution in [1.82, 2.24) is 4.98 Å². The Balaban J connectivity index is 1.99. The number of hydrogen-bond donors (Lipinski definition) is 0. The number of hydrogen-bond acceptors (Lipinski definition) is 6. The van der Waals surface area contributed by atoms with Crippen LogP contribution >= 0.6 is 22.9 Å². The van der Waals surface area contributed by atoms with Crippen LogP contribution in [0.1, 0.15) is 74.9 Å². The Morgan fingerprint density at radius 3 is 2.10 bits per heavy atom. The number of benzene rings is 1. The number of thiazole rings is 1. The molecule has 0 aliphatic heterocycles. The Bertz CT molecular complexity index is 749. The van der Waals surface area contributed by atoms with E-state index in [0.29, 0.717) is 16.3 Å². The highest BCUT2D eigenvalue weighted by atomic mass is 35.5. The summed E-state index contributed by atoms with van der Waals surface area (Å²) in [6, 6.07) is 8.17. The molecule has 1 aromatic heterocycles. The molecule has 0 atom stereocenters. The first-order chi connectivity index (χ1) is 14.2. The van der Waals surface area contributed by atoms with Crippen molar-refractivity contribution in [3.63, 3.8) is 0 Å². The van der Waals surface area contributed by atoms with Gasteiger partial charge in [0.15, 0.2) is 11.4 Å². The molecule has 29 heavy (non-hydrogen) atoms. The van der Waals surface area contributed by atoms with Crippen LogP contribution in [0.3, 0.4) is 0 Å². The van der Waals surface area contributed by atoms with Crippen molar-refractivity contribution in [2.75, 3.05) is 18.0 Å². The van der Waals surface area contributed by atoms with E-state index in [2.05, 4.69) is 46.1 Å². The van der Waals surface area contributed by atoms with Gasteiger partial charge in [-0.25, -0.2) is 4.98 Å². The van der Waals surface area contributed by atoms with Crippen LogP contribution in [-0.2, 0) is 0 Å². The van der Waals surface area contributed by atoms with Crippen LogP contribution in [0.5, 0.6) is 0 Å². The molecule has 0 bridgehead atoms. The average molecular weight is 435 g/mol. The van der Waals surface area contributed by atoms with Crippen LogP contribution in [-0.4, -0.2) is 24.4 Å². The van der Waals surface area contributed by atoms with Crippen LogP contribution in [0.4, 0.5) is 16.5 Å². The standard InChI is InChI=1S/C22H31ClN4OS/c1-3-5-7-9-15-27(16-10-8-6-4-2)19-13-11-18(12-14-19)25-26-22-24-21(23)20(17-28)29-22/h11-14,17H,3-10,15-16H2,1-2H3/b26-25+. The maximum absolute atomic E-state index is 10.8. The molecule has 0 radical (unpaired) electrons. The van der Waals surface area contributed by atoms with Gasteiger partial charge >= 0.3 is 0 Å². The minimum Gasteiger partial charge on any atom is -0.372 e. The highest BCUT2D eigenvalue weighted by molar-refractivity contribution is 7.17. The van der Waals surface area contributed by atoms with Gasteiger partial charge in [0.2, 0.25) is 5.13 Å². The van der Waals surface area contributed by atoms with Gasteiger partial charge in [0.05, 0.1) is 5.69 Å². The molecule has 2 aromatic rings. The zero-order valence-electron chi connectivity index (χ0n) is 17.4. The van der Waals surface area contributed by atoms with Gasteiger partial charge in [0.1, 0.15) is 4.88 Å². The third kappa shape index (κ3) is 8.23. The summed E-state index contributed by atoms with van der Waals surface area (Å²) in [7, 11) is 0. The lowest BCUT2D eigenvalue weighted by atomic mass is 10.1. The quantitative estimate of drug-likeness (QED) is 0.172. The smallest absolute Gasteiger partial charge is 0.232 e. The van der Waals surface area contributed by atoms with Gasteiger partial charge in [-0.3, -0.25) is 4.79 Å². The first kappa shape index (κ1) is 23.5. The van der Waals surface area contributed by atoms with Crippen LogP contribution in [0.2, 0.25) is 5.15 Å².